The third-order valence-electron chi connectivity index (χ3n) is 3.53. The Bertz CT molecular complexity index is 719. The maximum absolute atomic E-state index is 12.2. The first kappa shape index (κ1) is 17.4. The van der Waals surface area contributed by atoms with E-state index in [-0.39, 0.29) is 22.5 Å². The molecule has 0 aliphatic carbocycles. The zero-order valence-electron chi connectivity index (χ0n) is 12.7. The smallest absolute Gasteiger partial charge is 0.242 e. The summed E-state index contributed by atoms with van der Waals surface area (Å²) in [4.78, 5) is 0.0994. The lowest BCUT2D eigenvalue weighted by atomic mass is 10.2. The van der Waals surface area contributed by atoms with E-state index in [1.54, 1.807) is 12.1 Å². The lowest BCUT2D eigenvalue weighted by molar-refractivity contribution is 0.127. The van der Waals surface area contributed by atoms with E-state index in [9.17, 15) is 16.8 Å². The molecule has 124 valence electrons. The Morgan fingerprint density at radius 1 is 1.23 bits per heavy atom. The zero-order chi connectivity index (χ0) is 16.4. The fourth-order valence-corrected chi connectivity index (χ4v) is 4.99. The molecule has 0 spiro atoms. The van der Waals surface area contributed by atoms with Gasteiger partial charge < -0.3 is 4.74 Å². The topological polar surface area (TPSA) is 80.8 Å². The highest BCUT2D eigenvalue weighted by Gasteiger charge is 2.24. The third-order valence-corrected chi connectivity index (χ3v) is 6.99. The van der Waals surface area contributed by atoms with E-state index in [0.29, 0.717) is 12.2 Å². The van der Waals surface area contributed by atoms with Crippen molar-refractivity contribution in [1.29, 1.82) is 0 Å². The zero-order valence-corrected chi connectivity index (χ0v) is 14.4. The van der Waals surface area contributed by atoms with Gasteiger partial charge in [-0.1, -0.05) is 12.1 Å². The standard InChI is InChI=1S/C14H21NO5S2/c1-15(2)22(18,19)14-7-3-5-12(9-14)10-21(16,17)11-13-6-4-8-20-13/h3,5,7,9,13H,4,6,8,10-11H2,1-2H3. The number of benzene rings is 1. The molecule has 0 saturated carbocycles. The van der Waals surface area contributed by atoms with Crippen molar-refractivity contribution < 1.29 is 21.6 Å². The van der Waals surface area contributed by atoms with E-state index in [0.717, 1.165) is 17.1 Å². The minimum Gasteiger partial charge on any atom is -0.377 e. The average molecular weight is 347 g/mol. The van der Waals surface area contributed by atoms with Gasteiger partial charge in [0.1, 0.15) is 0 Å². The Balaban J connectivity index is 2.16. The van der Waals surface area contributed by atoms with Gasteiger partial charge in [0.25, 0.3) is 0 Å². The molecule has 0 radical (unpaired) electrons. The predicted octanol–water partition coefficient (Wildman–Crippen LogP) is 1.03. The van der Waals surface area contributed by atoms with Crippen LogP contribution in [0.25, 0.3) is 0 Å². The number of sulfone groups is 1. The van der Waals surface area contributed by atoms with Crippen molar-refractivity contribution >= 4 is 19.9 Å². The number of rotatable bonds is 6. The summed E-state index contributed by atoms with van der Waals surface area (Å²) >= 11 is 0. The van der Waals surface area contributed by atoms with Crippen LogP contribution in [-0.4, -0.2) is 53.7 Å². The minimum atomic E-state index is -3.56. The average Bonchev–Trinajstić information content (AvgIpc) is 2.90. The second-order valence-corrected chi connectivity index (χ2v) is 9.89. The first-order valence-electron chi connectivity index (χ1n) is 7.04. The van der Waals surface area contributed by atoms with E-state index in [2.05, 4.69) is 0 Å². The lowest BCUT2D eigenvalue weighted by Gasteiger charge is -2.13. The maximum atomic E-state index is 12.2. The predicted molar refractivity (Wildman–Crippen MR) is 83.8 cm³/mol. The van der Waals surface area contributed by atoms with Crippen molar-refractivity contribution in [1.82, 2.24) is 4.31 Å². The normalized spacial score (nSPS) is 19.7. The SMILES string of the molecule is CN(C)S(=O)(=O)c1cccc(CS(=O)(=O)CC2CCCO2)c1. The van der Waals surface area contributed by atoms with Crippen molar-refractivity contribution in [2.45, 2.75) is 29.6 Å². The van der Waals surface area contributed by atoms with Crippen LogP contribution in [-0.2, 0) is 30.4 Å². The molecule has 1 unspecified atom stereocenters. The van der Waals surface area contributed by atoms with Crippen molar-refractivity contribution in [3.8, 4) is 0 Å². The van der Waals surface area contributed by atoms with Crippen molar-refractivity contribution in [2.75, 3.05) is 26.5 Å². The molecule has 2 rings (SSSR count). The van der Waals surface area contributed by atoms with Gasteiger partial charge in [0.2, 0.25) is 10.0 Å². The summed E-state index contributed by atoms with van der Waals surface area (Å²) < 4.78 is 55.1. The van der Waals surface area contributed by atoms with Crippen LogP contribution in [0.2, 0.25) is 0 Å². The van der Waals surface area contributed by atoms with Crippen LogP contribution in [0, 0.1) is 0 Å². The molecule has 1 fully saturated rings. The van der Waals surface area contributed by atoms with E-state index >= 15 is 0 Å². The third kappa shape index (κ3) is 4.28. The lowest BCUT2D eigenvalue weighted by Crippen LogP contribution is -2.23. The van der Waals surface area contributed by atoms with Gasteiger partial charge in [0, 0.05) is 20.7 Å². The fourth-order valence-electron chi connectivity index (χ4n) is 2.38. The molecule has 8 heteroatoms. The maximum Gasteiger partial charge on any atom is 0.242 e. The number of ether oxygens (including phenoxy) is 1. The molecule has 0 amide bonds. The molecule has 22 heavy (non-hydrogen) atoms. The van der Waals surface area contributed by atoms with Gasteiger partial charge in [-0.25, -0.2) is 21.1 Å². The van der Waals surface area contributed by atoms with Crippen LogP contribution in [0.1, 0.15) is 18.4 Å². The van der Waals surface area contributed by atoms with Gasteiger partial charge in [0.05, 0.1) is 22.5 Å². The summed E-state index contributed by atoms with van der Waals surface area (Å²) in [7, 11) is -4.02. The largest absolute Gasteiger partial charge is 0.377 e. The van der Waals surface area contributed by atoms with Crippen LogP contribution < -0.4 is 0 Å². The van der Waals surface area contributed by atoms with E-state index in [1.807, 2.05) is 0 Å². The summed E-state index contributed by atoms with van der Waals surface area (Å²) in [6, 6.07) is 6.07. The number of nitrogens with zero attached hydrogens (tertiary/aromatic N) is 1. The Hall–Kier alpha value is -0.960. The monoisotopic (exact) mass is 347 g/mol. The summed E-state index contributed by atoms with van der Waals surface area (Å²) in [6.07, 6.45) is 1.41. The van der Waals surface area contributed by atoms with Crippen LogP contribution in [0.3, 0.4) is 0 Å². The molecule has 1 aromatic carbocycles. The molecule has 0 aromatic heterocycles. The Morgan fingerprint density at radius 2 is 1.95 bits per heavy atom. The highest BCUT2D eigenvalue weighted by molar-refractivity contribution is 7.90. The summed E-state index contributed by atoms with van der Waals surface area (Å²) in [6.45, 7) is 0.608. The van der Waals surface area contributed by atoms with Crippen molar-refractivity contribution in [3.05, 3.63) is 29.8 Å². The Kier molecular flexibility index (Phi) is 5.26. The summed E-state index contributed by atoms with van der Waals surface area (Å²) in [5.74, 6) is -0.193. The van der Waals surface area contributed by atoms with Gasteiger partial charge in [0.15, 0.2) is 9.84 Å². The second kappa shape index (κ2) is 6.66. The molecular formula is C14H21NO5S2. The second-order valence-electron chi connectivity index (χ2n) is 5.62. The highest BCUT2D eigenvalue weighted by Crippen LogP contribution is 2.19. The summed E-state index contributed by atoms with van der Waals surface area (Å²) in [5, 5.41) is 0. The molecule has 6 nitrogen and oxygen atoms in total. The molecule has 1 heterocycles. The van der Waals surface area contributed by atoms with E-state index < -0.39 is 19.9 Å². The molecule has 0 N–H and O–H groups in total. The van der Waals surface area contributed by atoms with Crippen LogP contribution in [0.5, 0.6) is 0 Å². The van der Waals surface area contributed by atoms with Gasteiger partial charge in [-0.3, -0.25) is 0 Å². The van der Waals surface area contributed by atoms with Crippen LogP contribution in [0.15, 0.2) is 29.2 Å². The van der Waals surface area contributed by atoms with E-state index in [1.165, 1.54) is 26.2 Å². The Morgan fingerprint density at radius 3 is 2.55 bits per heavy atom. The van der Waals surface area contributed by atoms with Gasteiger partial charge in [-0.05, 0) is 30.5 Å². The minimum absolute atomic E-state index is 0.0162. The van der Waals surface area contributed by atoms with Gasteiger partial charge in [-0.2, -0.15) is 0 Å². The highest BCUT2D eigenvalue weighted by atomic mass is 32.2. The molecule has 1 aliphatic rings. The Labute approximate surface area is 132 Å². The number of hydrogen-bond acceptors (Lipinski definition) is 5. The van der Waals surface area contributed by atoms with Crippen molar-refractivity contribution in [2.24, 2.45) is 0 Å². The quantitative estimate of drug-likeness (QED) is 0.768. The molecule has 1 saturated heterocycles. The fraction of sp³-hybridized carbons (Fsp3) is 0.571. The molecule has 1 atom stereocenters. The first-order chi connectivity index (χ1) is 10.2. The first-order valence-corrected chi connectivity index (χ1v) is 10.3. The van der Waals surface area contributed by atoms with Crippen LogP contribution >= 0.6 is 0 Å². The number of hydrogen-bond donors (Lipinski definition) is 0. The van der Waals surface area contributed by atoms with E-state index in [4.69, 9.17) is 4.74 Å². The van der Waals surface area contributed by atoms with Crippen LogP contribution in [0.4, 0.5) is 0 Å². The summed E-state index contributed by atoms with van der Waals surface area (Å²) in [5.41, 5.74) is 0.473. The molecule has 1 aromatic rings. The number of sulfonamides is 1. The van der Waals surface area contributed by atoms with Crippen molar-refractivity contribution in [3.63, 3.8) is 0 Å². The molecule has 1 aliphatic heterocycles. The molecule has 0 bridgehead atoms. The van der Waals surface area contributed by atoms with Gasteiger partial charge >= 0.3 is 0 Å². The molecular weight excluding hydrogens is 326 g/mol. The van der Waals surface area contributed by atoms with Gasteiger partial charge in [-0.15, -0.1) is 0 Å².